The van der Waals surface area contributed by atoms with Gasteiger partial charge in [-0.2, -0.15) is 0 Å². The Labute approximate surface area is 158 Å². The minimum Gasteiger partial charge on any atom is -0.356 e. The zero-order valence-electron chi connectivity index (χ0n) is 16.1. The van der Waals surface area contributed by atoms with Crippen molar-refractivity contribution in [3.63, 3.8) is 0 Å². The van der Waals surface area contributed by atoms with Gasteiger partial charge in [0.2, 0.25) is 0 Å². The summed E-state index contributed by atoms with van der Waals surface area (Å²) in [7, 11) is 1.07. The highest BCUT2D eigenvalue weighted by atomic mass is 32.2. The van der Waals surface area contributed by atoms with Crippen LogP contribution in [0.1, 0.15) is 25.3 Å². The molecule has 2 N–H and O–H groups in total. The standard InChI is InChI=1S/C19H32N4O2S/c1-16(23(3)14-17-7-5-4-6-8-17)9-11-21-19(20-2)22-13-18-10-12-26(24,25)15-18/h4-8,16,18H,9-15H2,1-3H3,(H2,20,21,22). The predicted molar refractivity (Wildman–Crippen MR) is 108 cm³/mol. The highest BCUT2D eigenvalue weighted by Gasteiger charge is 2.27. The van der Waals surface area contributed by atoms with E-state index in [1.165, 1.54) is 5.56 Å². The fourth-order valence-corrected chi connectivity index (χ4v) is 5.00. The molecular formula is C19H32N4O2S. The molecule has 0 amide bonds. The molecule has 7 heteroatoms. The Hall–Kier alpha value is -1.60. The molecule has 2 unspecified atom stereocenters. The van der Waals surface area contributed by atoms with E-state index in [9.17, 15) is 8.42 Å². The van der Waals surface area contributed by atoms with Crippen LogP contribution in [0.3, 0.4) is 0 Å². The molecular weight excluding hydrogens is 348 g/mol. The Morgan fingerprint density at radius 2 is 2.04 bits per heavy atom. The van der Waals surface area contributed by atoms with Crippen molar-refractivity contribution in [2.24, 2.45) is 10.9 Å². The third kappa shape index (κ3) is 6.96. The number of aliphatic imine (C=N–C) groups is 1. The van der Waals surface area contributed by atoms with E-state index < -0.39 is 9.84 Å². The molecule has 1 aliphatic rings. The molecule has 0 aromatic heterocycles. The van der Waals surface area contributed by atoms with Gasteiger partial charge in [0.05, 0.1) is 11.5 Å². The molecule has 0 spiro atoms. The second-order valence-electron chi connectivity index (χ2n) is 7.19. The van der Waals surface area contributed by atoms with Gasteiger partial charge < -0.3 is 10.6 Å². The van der Waals surface area contributed by atoms with Gasteiger partial charge in [-0.05, 0) is 38.3 Å². The van der Waals surface area contributed by atoms with E-state index >= 15 is 0 Å². The molecule has 0 aliphatic carbocycles. The van der Waals surface area contributed by atoms with Gasteiger partial charge in [-0.25, -0.2) is 8.42 Å². The molecule has 1 aliphatic heterocycles. The first kappa shape index (κ1) is 20.7. The lowest BCUT2D eigenvalue weighted by Crippen LogP contribution is -2.42. The molecule has 6 nitrogen and oxygen atoms in total. The van der Waals surface area contributed by atoms with Gasteiger partial charge >= 0.3 is 0 Å². The van der Waals surface area contributed by atoms with Gasteiger partial charge in [0.15, 0.2) is 15.8 Å². The fourth-order valence-electron chi connectivity index (χ4n) is 3.14. The largest absolute Gasteiger partial charge is 0.356 e. The van der Waals surface area contributed by atoms with Crippen LogP contribution in [-0.2, 0) is 16.4 Å². The molecule has 1 fully saturated rings. The second kappa shape index (κ2) is 9.92. The average Bonchev–Trinajstić information content (AvgIpc) is 2.97. The van der Waals surface area contributed by atoms with Crippen molar-refractivity contribution in [3.8, 4) is 0 Å². The van der Waals surface area contributed by atoms with Crippen LogP contribution in [0.2, 0.25) is 0 Å². The Morgan fingerprint density at radius 3 is 2.65 bits per heavy atom. The third-order valence-corrected chi connectivity index (χ3v) is 6.83. The van der Waals surface area contributed by atoms with E-state index in [4.69, 9.17) is 0 Å². The van der Waals surface area contributed by atoms with Crippen LogP contribution in [0.25, 0.3) is 0 Å². The lowest BCUT2D eigenvalue weighted by molar-refractivity contribution is 0.238. The molecule has 1 aromatic rings. The molecule has 146 valence electrons. The number of hydrogen-bond donors (Lipinski definition) is 2. The van der Waals surface area contributed by atoms with Gasteiger partial charge in [-0.15, -0.1) is 0 Å². The van der Waals surface area contributed by atoms with Crippen molar-refractivity contribution in [2.75, 3.05) is 38.7 Å². The Kier molecular flexibility index (Phi) is 7.90. The highest BCUT2D eigenvalue weighted by molar-refractivity contribution is 7.91. The van der Waals surface area contributed by atoms with Crippen molar-refractivity contribution >= 4 is 15.8 Å². The van der Waals surface area contributed by atoms with Crippen LogP contribution >= 0.6 is 0 Å². The molecule has 2 atom stereocenters. The number of nitrogens with zero attached hydrogens (tertiary/aromatic N) is 2. The van der Waals surface area contributed by atoms with Crippen molar-refractivity contribution in [1.82, 2.24) is 15.5 Å². The van der Waals surface area contributed by atoms with Crippen molar-refractivity contribution < 1.29 is 8.42 Å². The van der Waals surface area contributed by atoms with Crippen LogP contribution in [0.15, 0.2) is 35.3 Å². The summed E-state index contributed by atoms with van der Waals surface area (Å²) in [5.41, 5.74) is 1.32. The van der Waals surface area contributed by atoms with Crippen molar-refractivity contribution in [2.45, 2.75) is 32.4 Å². The molecule has 1 heterocycles. The van der Waals surface area contributed by atoms with Crippen LogP contribution < -0.4 is 10.6 Å². The molecule has 0 radical (unpaired) electrons. The summed E-state index contributed by atoms with van der Waals surface area (Å²) in [5.74, 6) is 1.54. The molecule has 26 heavy (non-hydrogen) atoms. The van der Waals surface area contributed by atoms with E-state index in [1.54, 1.807) is 7.05 Å². The van der Waals surface area contributed by atoms with Crippen LogP contribution in [0, 0.1) is 5.92 Å². The molecule has 1 saturated heterocycles. The maximum atomic E-state index is 11.5. The van der Waals surface area contributed by atoms with Crippen LogP contribution in [-0.4, -0.2) is 64.0 Å². The van der Waals surface area contributed by atoms with Gasteiger partial charge in [-0.3, -0.25) is 9.89 Å². The predicted octanol–water partition coefficient (Wildman–Crippen LogP) is 1.50. The molecule has 1 aromatic carbocycles. The van der Waals surface area contributed by atoms with Crippen LogP contribution in [0.5, 0.6) is 0 Å². The van der Waals surface area contributed by atoms with Gasteiger partial charge in [-0.1, -0.05) is 30.3 Å². The Bertz CT molecular complexity index is 676. The number of benzene rings is 1. The van der Waals surface area contributed by atoms with E-state index in [0.29, 0.717) is 18.3 Å². The smallest absolute Gasteiger partial charge is 0.190 e. The van der Waals surface area contributed by atoms with Gasteiger partial charge in [0.25, 0.3) is 0 Å². The SMILES string of the molecule is CN=C(NCCC(C)N(C)Cc1ccccc1)NCC1CCS(=O)(=O)C1. The minimum atomic E-state index is -2.82. The lowest BCUT2D eigenvalue weighted by atomic mass is 10.1. The summed E-state index contributed by atoms with van der Waals surface area (Å²) >= 11 is 0. The molecule has 2 rings (SSSR count). The molecule has 0 bridgehead atoms. The number of guanidine groups is 1. The van der Waals surface area contributed by atoms with Gasteiger partial charge in [0.1, 0.15) is 0 Å². The summed E-state index contributed by atoms with van der Waals surface area (Å²) < 4.78 is 23.0. The van der Waals surface area contributed by atoms with E-state index in [-0.39, 0.29) is 11.7 Å². The first-order valence-corrected chi connectivity index (χ1v) is 11.1. The first-order chi connectivity index (χ1) is 12.4. The maximum absolute atomic E-state index is 11.5. The zero-order chi connectivity index (χ0) is 19.0. The van der Waals surface area contributed by atoms with E-state index in [2.05, 4.69) is 58.8 Å². The van der Waals surface area contributed by atoms with Crippen molar-refractivity contribution in [1.29, 1.82) is 0 Å². The lowest BCUT2D eigenvalue weighted by Gasteiger charge is -2.25. The zero-order valence-corrected chi connectivity index (χ0v) is 16.9. The van der Waals surface area contributed by atoms with E-state index in [1.807, 2.05) is 6.07 Å². The Balaban J connectivity index is 1.66. The number of nitrogens with one attached hydrogen (secondary N) is 2. The second-order valence-corrected chi connectivity index (χ2v) is 9.42. The number of sulfone groups is 1. The molecule has 0 saturated carbocycles. The topological polar surface area (TPSA) is 73.8 Å². The summed E-state index contributed by atoms with van der Waals surface area (Å²) in [6.07, 6.45) is 1.75. The normalized spacial score (nSPS) is 20.9. The quantitative estimate of drug-likeness (QED) is 0.528. The average molecular weight is 381 g/mol. The van der Waals surface area contributed by atoms with Crippen LogP contribution in [0.4, 0.5) is 0 Å². The minimum absolute atomic E-state index is 0.189. The first-order valence-electron chi connectivity index (χ1n) is 9.28. The highest BCUT2D eigenvalue weighted by Crippen LogP contribution is 2.17. The fraction of sp³-hybridized carbons (Fsp3) is 0.632. The maximum Gasteiger partial charge on any atom is 0.190 e. The summed E-state index contributed by atoms with van der Waals surface area (Å²) in [6.45, 7) is 4.64. The summed E-state index contributed by atoms with van der Waals surface area (Å²) in [4.78, 5) is 6.57. The number of hydrogen-bond acceptors (Lipinski definition) is 4. The Morgan fingerprint density at radius 1 is 1.31 bits per heavy atom. The van der Waals surface area contributed by atoms with Gasteiger partial charge in [0, 0.05) is 32.7 Å². The third-order valence-electron chi connectivity index (χ3n) is 4.99. The monoisotopic (exact) mass is 380 g/mol. The number of rotatable bonds is 8. The van der Waals surface area contributed by atoms with E-state index in [0.717, 1.165) is 31.9 Å². The van der Waals surface area contributed by atoms with Crippen molar-refractivity contribution in [3.05, 3.63) is 35.9 Å². The summed E-state index contributed by atoms with van der Waals surface area (Å²) in [5, 5.41) is 6.58. The summed E-state index contributed by atoms with van der Waals surface area (Å²) in [6, 6.07) is 10.9.